The first kappa shape index (κ1) is 19.1. The number of anilines is 2. The lowest BCUT2D eigenvalue weighted by Crippen LogP contribution is -2.33. The summed E-state index contributed by atoms with van der Waals surface area (Å²) in [5, 5.41) is 5.80. The van der Waals surface area contributed by atoms with Gasteiger partial charge in [0.15, 0.2) is 0 Å². The average Bonchev–Trinajstić information content (AvgIpc) is 2.36. The predicted molar refractivity (Wildman–Crippen MR) is 92.3 cm³/mol. The minimum Gasteiger partial charge on any atom is -0.444 e. The minimum absolute atomic E-state index is 0.448. The van der Waals surface area contributed by atoms with Gasteiger partial charge >= 0.3 is 6.09 Å². The third kappa shape index (κ3) is 8.92. The van der Waals surface area contributed by atoms with E-state index in [2.05, 4.69) is 15.4 Å². The Hall–Kier alpha value is -1.96. The lowest BCUT2D eigenvalue weighted by Gasteiger charge is -2.19. The highest BCUT2D eigenvalue weighted by Crippen LogP contribution is 2.21. The summed E-state index contributed by atoms with van der Waals surface area (Å²) in [4.78, 5) is 11.5. The maximum Gasteiger partial charge on any atom is 0.407 e. The van der Waals surface area contributed by atoms with Crippen LogP contribution in [0.25, 0.3) is 0 Å². The zero-order valence-electron chi connectivity index (χ0n) is 14.0. The molecule has 0 saturated carbocycles. The first-order chi connectivity index (χ1) is 10.6. The summed E-state index contributed by atoms with van der Waals surface area (Å²) in [5.41, 5.74) is 0.670. The topological polar surface area (TPSA) is 96.5 Å². The third-order valence-corrected chi connectivity index (χ3v) is 3.15. The van der Waals surface area contributed by atoms with Crippen molar-refractivity contribution in [2.75, 3.05) is 29.4 Å². The minimum atomic E-state index is -3.33. The van der Waals surface area contributed by atoms with Crippen LogP contribution in [0.2, 0.25) is 0 Å². The van der Waals surface area contributed by atoms with Gasteiger partial charge in [-0.25, -0.2) is 13.2 Å². The fourth-order valence-corrected chi connectivity index (χ4v) is 2.32. The lowest BCUT2D eigenvalue weighted by atomic mass is 10.2. The van der Waals surface area contributed by atoms with Crippen molar-refractivity contribution in [3.63, 3.8) is 0 Å². The van der Waals surface area contributed by atoms with Crippen LogP contribution in [0.3, 0.4) is 0 Å². The number of carbonyl (C=O) groups is 1. The molecule has 1 aromatic carbocycles. The monoisotopic (exact) mass is 343 g/mol. The molecule has 0 heterocycles. The van der Waals surface area contributed by atoms with Gasteiger partial charge < -0.3 is 15.4 Å². The van der Waals surface area contributed by atoms with Crippen LogP contribution in [0.5, 0.6) is 0 Å². The van der Waals surface area contributed by atoms with Crippen LogP contribution in [0.15, 0.2) is 24.3 Å². The first-order valence-electron chi connectivity index (χ1n) is 7.34. The SMILES string of the molecule is CC(C)(C)OC(=O)NCCCNc1ccccc1NS(C)(=O)=O. The molecular formula is C15H25N3O4S. The van der Waals surface area contributed by atoms with E-state index < -0.39 is 21.7 Å². The molecule has 0 radical (unpaired) electrons. The fourth-order valence-electron chi connectivity index (χ4n) is 1.74. The summed E-state index contributed by atoms with van der Waals surface area (Å²) in [6, 6.07) is 7.04. The van der Waals surface area contributed by atoms with Gasteiger partial charge in [0.05, 0.1) is 17.6 Å². The maximum atomic E-state index is 11.5. The van der Waals surface area contributed by atoms with Crippen molar-refractivity contribution >= 4 is 27.5 Å². The Morgan fingerprint density at radius 3 is 2.30 bits per heavy atom. The van der Waals surface area contributed by atoms with Gasteiger partial charge in [-0.3, -0.25) is 4.72 Å². The highest BCUT2D eigenvalue weighted by molar-refractivity contribution is 7.92. The van der Waals surface area contributed by atoms with Gasteiger partial charge in [0.2, 0.25) is 10.0 Å². The highest BCUT2D eigenvalue weighted by Gasteiger charge is 2.15. The van der Waals surface area contributed by atoms with E-state index in [9.17, 15) is 13.2 Å². The zero-order chi connectivity index (χ0) is 17.5. The van der Waals surface area contributed by atoms with Crippen molar-refractivity contribution < 1.29 is 17.9 Å². The van der Waals surface area contributed by atoms with Crippen molar-refractivity contribution in [2.24, 2.45) is 0 Å². The molecule has 0 fully saturated rings. The number of nitrogens with one attached hydrogen (secondary N) is 3. The summed E-state index contributed by atoms with van der Waals surface area (Å²) in [7, 11) is -3.33. The van der Waals surface area contributed by atoms with E-state index in [0.717, 1.165) is 6.26 Å². The Balaban J connectivity index is 2.38. The summed E-state index contributed by atoms with van der Waals surface area (Å²) >= 11 is 0. The van der Waals surface area contributed by atoms with Crippen molar-refractivity contribution in [3.8, 4) is 0 Å². The van der Waals surface area contributed by atoms with Gasteiger partial charge in [0.25, 0.3) is 0 Å². The Labute approximate surface area is 137 Å². The molecule has 0 aliphatic carbocycles. The smallest absolute Gasteiger partial charge is 0.407 e. The number of sulfonamides is 1. The van der Waals surface area contributed by atoms with Gasteiger partial charge in [0, 0.05) is 13.1 Å². The van der Waals surface area contributed by atoms with E-state index in [4.69, 9.17) is 4.74 Å². The molecule has 0 aliphatic rings. The molecule has 1 rings (SSSR count). The van der Waals surface area contributed by atoms with Crippen molar-refractivity contribution in [1.29, 1.82) is 0 Å². The molecule has 0 atom stereocenters. The number of amides is 1. The molecular weight excluding hydrogens is 318 g/mol. The Morgan fingerprint density at radius 1 is 1.13 bits per heavy atom. The average molecular weight is 343 g/mol. The van der Waals surface area contributed by atoms with Gasteiger partial charge in [0.1, 0.15) is 5.60 Å². The van der Waals surface area contributed by atoms with Crippen LogP contribution < -0.4 is 15.4 Å². The molecule has 0 bridgehead atoms. The molecule has 23 heavy (non-hydrogen) atoms. The van der Waals surface area contributed by atoms with Gasteiger partial charge in [-0.1, -0.05) is 12.1 Å². The van der Waals surface area contributed by atoms with E-state index in [1.807, 2.05) is 6.07 Å². The van der Waals surface area contributed by atoms with Crippen LogP contribution in [-0.4, -0.2) is 39.5 Å². The molecule has 0 saturated heterocycles. The molecule has 0 aromatic heterocycles. The number of benzene rings is 1. The van der Waals surface area contributed by atoms with Crippen LogP contribution in [0.4, 0.5) is 16.2 Å². The van der Waals surface area contributed by atoms with E-state index in [1.165, 1.54) is 0 Å². The number of ether oxygens (including phenoxy) is 1. The molecule has 3 N–H and O–H groups in total. The summed E-state index contributed by atoms with van der Waals surface area (Å²) in [6.45, 7) is 6.46. The second kappa shape index (κ2) is 8.05. The largest absolute Gasteiger partial charge is 0.444 e. The third-order valence-electron chi connectivity index (χ3n) is 2.56. The molecule has 0 spiro atoms. The Bertz CT molecular complexity index is 624. The molecule has 130 valence electrons. The number of para-hydroxylation sites is 2. The maximum absolute atomic E-state index is 11.5. The quantitative estimate of drug-likeness (QED) is 0.661. The van der Waals surface area contributed by atoms with Gasteiger partial charge in [-0.2, -0.15) is 0 Å². The number of carbonyl (C=O) groups excluding carboxylic acids is 1. The summed E-state index contributed by atoms with van der Waals surface area (Å²) in [6.07, 6.45) is 1.33. The summed E-state index contributed by atoms with van der Waals surface area (Å²) < 4.78 is 30.2. The van der Waals surface area contributed by atoms with E-state index in [1.54, 1.807) is 39.0 Å². The fraction of sp³-hybridized carbons (Fsp3) is 0.533. The van der Waals surface area contributed by atoms with Gasteiger partial charge in [-0.15, -0.1) is 0 Å². The second-order valence-corrected chi connectivity index (χ2v) is 7.88. The number of hydrogen-bond donors (Lipinski definition) is 3. The first-order valence-corrected chi connectivity index (χ1v) is 9.23. The predicted octanol–water partition coefficient (Wildman–Crippen LogP) is 2.38. The standard InChI is InChI=1S/C15H25N3O4S/c1-15(2,3)22-14(19)17-11-7-10-16-12-8-5-6-9-13(12)18-23(4,20)21/h5-6,8-9,16,18H,7,10-11H2,1-4H3,(H,17,19). The van der Waals surface area contributed by atoms with Crippen LogP contribution in [-0.2, 0) is 14.8 Å². The summed E-state index contributed by atoms with van der Waals surface area (Å²) in [5.74, 6) is 0. The van der Waals surface area contributed by atoms with Crippen molar-refractivity contribution in [3.05, 3.63) is 24.3 Å². The van der Waals surface area contributed by atoms with Crippen LogP contribution in [0, 0.1) is 0 Å². The van der Waals surface area contributed by atoms with E-state index in [0.29, 0.717) is 30.9 Å². The Morgan fingerprint density at radius 2 is 1.74 bits per heavy atom. The zero-order valence-corrected chi connectivity index (χ0v) is 14.8. The van der Waals surface area contributed by atoms with E-state index in [-0.39, 0.29) is 0 Å². The molecule has 7 nitrogen and oxygen atoms in total. The van der Waals surface area contributed by atoms with Crippen molar-refractivity contribution in [1.82, 2.24) is 5.32 Å². The van der Waals surface area contributed by atoms with Gasteiger partial charge in [-0.05, 0) is 39.3 Å². The highest BCUT2D eigenvalue weighted by atomic mass is 32.2. The van der Waals surface area contributed by atoms with Crippen molar-refractivity contribution in [2.45, 2.75) is 32.8 Å². The number of hydrogen-bond acceptors (Lipinski definition) is 5. The number of alkyl carbamates (subject to hydrolysis) is 1. The Kier molecular flexibility index (Phi) is 6.68. The number of rotatable bonds is 7. The molecule has 0 aliphatic heterocycles. The lowest BCUT2D eigenvalue weighted by molar-refractivity contribution is 0.0528. The van der Waals surface area contributed by atoms with Crippen LogP contribution in [0.1, 0.15) is 27.2 Å². The van der Waals surface area contributed by atoms with E-state index >= 15 is 0 Å². The second-order valence-electron chi connectivity index (χ2n) is 6.13. The molecule has 1 amide bonds. The molecule has 1 aromatic rings. The molecule has 8 heteroatoms. The normalized spacial score (nSPS) is 11.7. The molecule has 0 unspecified atom stereocenters. The van der Waals surface area contributed by atoms with Crippen LogP contribution >= 0.6 is 0 Å².